The zero-order chi connectivity index (χ0) is 15.6. The first-order chi connectivity index (χ1) is 11.2. The molecule has 0 unspecified atom stereocenters. The summed E-state index contributed by atoms with van der Waals surface area (Å²) < 4.78 is 0. The van der Waals surface area contributed by atoms with Crippen molar-refractivity contribution >= 4 is 11.4 Å². The number of nitrogens with zero attached hydrogens (tertiary/aromatic N) is 1. The predicted molar refractivity (Wildman–Crippen MR) is 93.4 cm³/mol. The van der Waals surface area contributed by atoms with E-state index in [9.17, 15) is 5.11 Å². The number of hydrogen-bond donors (Lipinski definition) is 1. The molecular formula is C21H17NO. The Labute approximate surface area is 135 Å². The minimum absolute atomic E-state index is 0.402. The third kappa shape index (κ3) is 1.69. The molecule has 0 saturated heterocycles. The van der Waals surface area contributed by atoms with Crippen LogP contribution in [0.4, 0.5) is 11.4 Å². The van der Waals surface area contributed by atoms with Crippen LogP contribution in [0.15, 0.2) is 54.6 Å². The highest BCUT2D eigenvalue weighted by Gasteiger charge is 2.31. The van der Waals surface area contributed by atoms with Crippen molar-refractivity contribution in [3.05, 3.63) is 76.9 Å². The number of hydrogen-bond acceptors (Lipinski definition) is 2. The Morgan fingerprint density at radius 1 is 0.913 bits per heavy atom. The van der Waals surface area contributed by atoms with E-state index in [-0.39, 0.29) is 0 Å². The van der Waals surface area contributed by atoms with Crippen LogP contribution in [-0.2, 0) is 13.0 Å². The molecule has 112 valence electrons. The van der Waals surface area contributed by atoms with Crippen molar-refractivity contribution in [1.82, 2.24) is 0 Å². The highest BCUT2D eigenvalue weighted by atomic mass is 16.3. The lowest BCUT2D eigenvalue weighted by atomic mass is 9.85. The van der Waals surface area contributed by atoms with Crippen molar-refractivity contribution in [3.63, 3.8) is 0 Å². The van der Waals surface area contributed by atoms with Crippen LogP contribution in [0.3, 0.4) is 0 Å². The maximum absolute atomic E-state index is 10.4. The largest absolute Gasteiger partial charge is 0.508 e. The van der Waals surface area contributed by atoms with Crippen LogP contribution in [0.2, 0.25) is 0 Å². The fraction of sp³-hybridized carbons (Fsp3) is 0.143. The van der Waals surface area contributed by atoms with E-state index in [4.69, 9.17) is 0 Å². The minimum atomic E-state index is 0.402. The number of rotatable bonds is 0. The number of para-hydroxylation sites is 1. The van der Waals surface area contributed by atoms with E-state index >= 15 is 0 Å². The molecule has 5 rings (SSSR count). The monoisotopic (exact) mass is 299 g/mol. The molecule has 2 aliphatic heterocycles. The molecule has 0 spiro atoms. The van der Waals surface area contributed by atoms with Crippen molar-refractivity contribution in [2.45, 2.75) is 19.9 Å². The molecular weight excluding hydrogens is 282 g/mol. The molecule has 0 aliphatic carbocycles. The Balaban J connectivity index is 1.85. The summed E-state index contributed by atoms with van der Waals surface area (Å²) in [6, 6.07) is 19.1. The normalized spacial score (nSPS) is 14.0. The predicted octanol–water partition coefficient (Wildman–Crippen LogP) is 4.92. The Morgan fingerprint density at radius 3 is 2.65 bits per heavy atom. The first kappa shape index (κ1) is 12.8. The van der Waals surface area contributed by atoms with Gasteiger partial charge in [0.2, 0.25) is 0 Å². The third-order valence-corrected chi connectivity index (χ3v) is 5.06. The van der Waals surface area contributed by atoms with Gasteiger partial charge in [0.05, 0.1) is 5.69 Å². The molecule has 0 fully saturated rings. The molecule has 2 heterocycles. The average molecular weight is 299 g/mol. The van der Waals surface area contributed by atoms with Crippen LogP contribution in [0, 0.1) is 6.92 Å². The Hall–Kier alpha value is -2.74. The number of benzene rings is 3. The van der Waals surface area contributed by atoms with Gasteiger partial charge in [-0.2, -0.15) is 0 Å². The molecule has 0 amide bonds. The van der Waals surface area contributed by atoms with Gasteiger partial charge in [0, 0.05) is 29.8 Å². The van der Waals surface area contributed by atoms with Gasteiger partial charge >= 0.3 is 0 Å². The van der Waals surface area contributed by atoms with Gasteiger partial charge in [0.25, 0.3) is 0 Å². The van der Waals surface area contributed by atoms with Crippen LogP contribution < -0.4 is 4.90 Å². The molecule has 0 atom stereocenters. The summed E-state index contributed by atoms with van der Waals surface area (Å²) in [4.78, 5) is 2.37. The zero-order valence-corrected chi connectivity index (χ0v) is 13.0. The first-order valence-electron chi connectivity index (χ1n) is 8.02. The van der Waals surface area contributed by atoms with E-state index < -0.39 is 0 Å². The molecule has 3 aromatic rings. The van der Waals surface area contributed by atoms with Crippen LogP contribution in [0.25, 0.3) is 11.1 Å². The molecule has 2 aliphatic rings. The van der Waals surface area contributed by atoms with Crippen molar-refractivity contribution in [3.8, 4) is 16.9 Å². The smallest absolute Gasteiger partial charge is 0.121 e. The van der Waals surface area contributed by atoms with Crippen LogP contribution in [0.5, 0.6) is 5.75 Å². The van der Waals surface area contributed by atoms with Gasteiger partial charge in [-0.3, -0.25) is 0 Å². The Bertz CT molecular complexity index is 958. The zero-order valence-electron chi connectivity index (χ0n) is 13.0. The van der Waals surface area contributed by atoms with E-state index in [1.54, 1.807) is 0 Å². The number of aryl methyl sites for hydroxylation is 1. The summed E-state index contributed by atoms with van der Waals surface area (Å²) in [6.07, 6.45) is 0.795. The number of fused-ring (bicyclic) bond motifs is 4. The van der Waals surface area contributed by atoms with E-state index in [2.05, 4.69) is 60.4 Å². The molecule has 1 N–H and O–H groups in total. The number of anilines is 2. The van der Waals surface area contributed by atoms with Crippen molar-refractivity contribution in [2.24, 2.45) is 0 Å². The summed E-state index contributed by atoms with van der Waals surface area (Å²) in [5, 5.41) is 10.4. The SMILES string of the molecule is Cc1ccc2c(c1)CN1c3ccccc3Cc3c(O)ccc-2c31. The highest BCUT2D eigenvalue weighted by molar-refractivity contribution is 5.92. The van der Waals surface area contributed by atoms with Gasteiger partial charge in [0.15, 0.2) is 0 Å². The molecule has 3 aromatic carbocycles. The van der Waals surface area contributed by atoms with Crippen LogP contribution >= 0.6 is 0 Å². The van der Waals surface area contributed by atoms with E-state index in [1.165, 1.54) is 39.2 Å². The van der Waals surface area contributed by atoms with Gasteiger partial charge in [0.1, 0.15) is 5.75 Å². The maximum Gasteiger partial charge on any atom is 0.121 e. The maximum atomic E-state index is 10.4. The summed E-state index contributed by atoms with van der Waals surface area (Å²) in [5.41, 5.74) is 9.94. The summed E-state index contributed by atoms with van der Waals surface area (Å²) in [7, 11) is 0. The van der Waals surface area contributed by atoms with Gasteiger partial charge in [-0.25, -0.2) is 0 Å². The van der Waals surface area contributed by atoms with Crippen molar-refractivity contribution in [2.75, 3.05) is 4.90 Å². The van der Waals surface area contributed by atoms with E-state index in [1.807, 2.05) is 6.07 Å². The lowest BCUT2D eigenvalue weighted by Crippen LogP contribution is -2.27. The fourth-order valence-corrected chi connectivity index (χ4v) is 4.01. The second-order valence-corrected chi connectivity index (χ2v) is 6.51. The average Bonchev–Trinajstić information content (AvgIpc) is 2.57. The highest BCUT2D eigenvalue weighted by Crippen LogP contribution is 2.51. The molecule has 23 heavy (non-hydrogen) atoms. The quantitative estimate of drug-likeness (QED) is 0.636. The standard InChI is InChI=1S/C21H17NO/c1-13-6-7-16-15(10-13)12-22-19-5-3-2-4-14(19)11-18-20(23)9-8-17(16)21(18)22/h2-10,23H,11-12H2,1H3. The second-order valence-electron chi connectivity index (χ2n) is 6.51. The summed E-state index contributed by atoms with van der Waals surface area (Å²) >= 11 is 0. The molecule has 2 heteroatoms. The Kier molecular flexibility index (Phi) is 2.44. The Morgan fingerprint density at radius 2 is 1.74 bits per heavy atom. The van der Waals surface area contributed by atoms with Crippen LogP contribution in [-0.4, -0.2) is 5.11 Å². The molecule has 2 nitrogen and oxygen atoms in total. The van der Waals surface area contributed by atoms with Crippen molar-refractivity contribution < 1.29 is 5.11 Å². The van der Waals surface area contributed by atoms with Crippen molar-refractivity contribution in [1.29, 1.82) is 0 Å². The minimum Gasteiger partial charge on any atom is -0.508 e. The lowest BCUT2D eigenvalue weighted by molar-refractivity contribution is 0.469. The lowest BCUT2D eigenvalue weighted by Gasteiger charge is -2.39. The summed E-state index contributed by atoms with van der Waals surface area (Å²) in [5.74, 6) is 0.402. The van der Waals surface area contributed by atoms with Gasteiger partial charge in [-0.15, -0.1) is 0 Å². The molecule has 0 aromatic heterocycles. The van der Waals surface area contributed by atoms with Gasteiger partial charge in [-0.1, -0.05) is 42.0 Å². The molecule has 0 saturated carbocycles. The molecule has 0 bridgehead atoms. The van der Waals surface area contributed by atoms with Crippen LogP contribution in [0.1, 0.15) is 22.3 Å². The van der Waals surface area contributed by atoms with Gasteiger partial charge in [-0.05, 0) is 41.8 Å². The topological polar surface area (TPSA) is 23.5 Å². The number of phenolic OH excluding ortho intramolecular Hbond substituents is 1. The number of phenols is 1. The summed E-state index contributed by atoms with van der Waals surface area (Å²) in [6.45, 7) is 3.00. The van der Waals surface area contributed by atoms with E-state index in [0.29, 0.717) is 5.75 Å². The first-order valence-corrected chi connectivity index (χ1v) is 8.02. The number of aromatic hydroxyl groups is 1. The second kappa shape index (κ2) is 4.39. The third-order valence-electron chi connectivity index (χ3n) is 5.06. The van der Waals surface area contributed by atoms with E-state index in [0.717, 1.165) is 18.5 Å². The van der Waals surface area contributed by atoms with Gasteiger partial charge < -0.3 is 10.0 Å². The fourth-order valence-electron chi connectivity index (χ4n) is 4.01. The molecule has 0 radical (unpaired) electrons.